The number of benzene rings is 2. The Hall–Kier alpha value is -3.98. The molecule has 174 valence electrons. The van der Waals surface area contributed by atoms with E-state index in [1.54, 1.807) is 25.4 Å². The normalized spacial score (nSPS) is 11.9. The Kier molecular flexibility index (Phi) is 6.74. The summed E-state index contributed by atoms with van der Waals surface area (Å²) in [7, 11) is 1.63. The molecule has 0 unspecified atom stereocenters. The first kappa shape index (κ1) is 23.2. The Morgan fingerprint density at radius 2 is 1.68 bits per heavy atom. The van der Waals surface area contributed by atoms with E-state index in [0.29, 0.717) is 18.8 Å². The van der Waals surface area contributed by atoms with Gasteiger partial charge in [0.25, 0.3) is 0 Å². The van der Waals surface area contributed by atoms with Gasteiger partial charge in [-0.3, -0.25) is 0 Å². The molecule has 4 rings (SSSR count). The predicted molar refractivity (Wildman–Crippen MR) is 128 cm³/mol. The molecule has 0 saturated heterocycles. The van der Waals surface area contributed by atoms with Crippen LogP contribution in [-0.2, 0) is 13.0 Å². The van der Waals surface area contributed by atoms with E-state index in [1.807, 2.05) is 25.1 Å². The van der Waals surface area contributed by atoms with Crippen LogP contribution in [0.3, 0.4) is 0 Å². The lowest BCUT2D eigenvalue weighted by Gasteiger charge is -2.24. The summed E-state index contributed by atoms with van der Waals surface area (Å²) < 4.78 is 29.1. The number of nitrogens with two attached hydrogens (primary N) is 2. The maximum absolute atomic E-state index is 14.8. The molecule has 0 aliphatic heterocycles. The van der Waals surface area contributed by atoms with E-state index in [-0.39, 0.29) is 29.1 Å². The molecule has 0 aliphatic rings. The summed E-state index contributed by atoms with van der Waals surface area (Å²) in [5.41, 5.74) is 14.7. The first-order chi connectivity index (χ1) is 16.4. The van der Waals surface area contributed by atoms with E-state index in [0.717, 1.165) is 22.9 Å². The Bertz CT molecular complexity index is 1310. The van der Waals surface area contributed by atoms with Gasteiger partial charge >= 0.3 is 0 Å². The van der Waals surface area contributed by atoms with Crippen LogP contribution in [0.2, 0.25) is 0 Å². The Morgan fingerprint density at radius 1 is 0.912 bits per heavy atom. The number of aromatic nitrogens is 4. The van der Waals surface area contributed by atoms with Crippen LogP contribution >= 0.6 is 0 Å². The van der Waals surface area contributed by atoms with Crippen molar-refractivity contribution in [2.45, 2.75) is 25.8 Å². The van der Waals surface area contributed by atoms with E-state index in [1.165, 1.54) is 17.0 Å². The van der Waals surface area contributed by atoms with Crippen LogP contribution in [0.15, 0.2) is 60.9 Å². The standard InChI is InChI=1S/C25H25F2N7/c1-15(10-16-6-5-7-17(11-16)12-28)19-13-31-25(29)33-23(19)34(2)24-21(27)14-30-22(32-24)18-8-3-4-9-20(18)26/h3-9,11,13-15H,10,12,28H2,1-2H3,(H2,29,31,33)/t15-/m0/s1. The minimum Gasteiger partial charge on any atom is -0.368 e. The van der Waals surface area contributed by atoms with Crippen molar-refractivity contribution in [1.82, 2.24) is 19.9 Å². The summed E-state index contributed by atoms with van der Waals surface area (Å²) in [6.07, 6.45) is 3.35. The second-order valence-electron chi connectivity index (χ2n) is 8.04. The van der Waals surface area contributed by atoms with Crippen molar-refractivity contribution in [2.75, 3.05) is 17.7 Å². The van der Waals surface area contributed by atoms with E-state index in [4.69, 9.17) is 11.5 Å². The Labute approximate surface area is 196 Å². The largest absolute Gasteiger partial charge is 0.368 e. The van der Waals surface area contributed by atoms with E-state index in [9.17, 15) is 8.78 Å². The maximum Gasteiger partial charge on any atom is 0.221 e. The third kappa shape index (κ3) is 4.84. The average molecular weight is 462 g/mol. The third-order valence-electron chi connectivity index (χ3n) is 5.59. The van der Waals surface area contributed by atoms with E-state index in [2.05, 4.69) is 26.0 Å². The number of nitrogen functional groups attached to an aromatic ring is 1. The number of nitrogens with zero attached hydrogens (tertiary/aromatic N) is 5. The highest BCUT2D eigenvalue weighted by Crippen LogP contribution is 2.33. The van der Waals surface area contributed by atoms with Gasteiger partial charge in [0.15, 0.2) is 17.5 Å². The molecule has 0 saturated carbocycles. The van der Waals surface area contributed by atoms with Gasteiger partial charge in [0.2, 0.25) is 5.95 Å². The first-order valence-electron chi connectivity index (χ1n) is 10.8. The number of halogens is 2. The Balaban J connectivity index is 1.71. The molecule has 0 spiro atoms. The van der Waals surface area contributed by atoms with Crippen LogP contribution in [-0.4, -0.2) is 27.0 Å². The zero-order chi connectivity index (χ0) is 24.2. The van der Waals surface area contributed by atoms with Crippen molar-refractivity contribution in [3.05, 3.63) is 89.2 Å². The lowest BCUT2D eigenvalue weighted by Crippen LogP contribution is -2.19. The van der Waals surface area contributed by atoms with Crippen molar-refractivity contribution in [3.63, 3.8) is 0 Å². The topological polar surface area (TPSA) is 107 Å². The third-order valence-corrected chi connectivity index (χ3v) is 5.59. The molecule has 7 nitrogen and oxygen atoms in total. The lowest BCUT2D eigenvalue weighted by atomic mass is 9.94. The maximum atomic E-state index is 14.8. The van der Waals surface area contributed by atoms with Crippen LogP contribution in [0.25, 0.3) is 11.4 Å². The highest BCUT2D eigenvalue weighted by atomic mass is 19.1. The summed E-state index contributed by atoms with van der Waals surface area (Å²) in [6, 6.07) is 14.1. The zero-order valence-electron chi connectivity index (χ0n) is 18.9. The molecule has 1 atom stereocenters. The van der Waals surface area contributed by atoms with Crippen LogP contribution in [0.1, 0.15) is 29.5 Å². The molecule has 0 fully saturated rings. The SMILES string of the molecule is C[C@@H](Cc1cccc(CN)c1)c1cnc(N)nc1N(C)c1nc(-c2ccccc2F)ncc1F. The highest BCUT2D eigenvalue weighted by molar-refractivity contribution is 5.64. The second kappa shape index (κ2) is 9.88. The zero-order valence-corrected chi connectivity index (χ0v) is 18.9. The molecule has 34 heavy (non-hydrogen) atoms. The molecule has 0 bridgehead atoms. The summed E-state index contributed by atoms with van der Waals surface area (Å²) >= 11 is 0. The second-order valence-corrected chi connectivity index (χ2v) is 8.04. The predicted octanol–water partition coefficient (Wildman–Crippen LogP) is 4.37. The number of hydrogen-bond donors (Lipinski definition) is 2. The number of anilines is 3. The van der Waals surface area contributed by atoms with Crippen LogP contribution in [0.5, 0.6) is 0 Å². The summed E-state index contributed by atoms with van der Waals surface area (Å²) in [5, 5.41) is 0. The number of rotatable bonds is 7. The van der Waals surface area contributed by atoms with Crippen molar-refractivity contribution < 1.29 is 8.78 Å². The van der Waals surface area contributed by atoms with E-state index >= 15 is 0 Å². The van der Waals surface area contributed by atoms with Crippen LogP contribution in [0, 0.1) is 11.6 Å². The summed E-state index contributed by atoms with van der Waals surface area (Å²) in [5.74, 6) is -0.723. The smallest absolute Gasteiger partial charge is 0.221 e. The van der Waals surface area contributed by atoms with Crippen molar-refractivity contribution in [1.29, 1.82) is 0 Å². The van der Waals surface area contributed by atoms with Gasteiger partial charge in [-0.15, -0.1) is 0 Å². The van der Waals surface area contributed by atoms with Crippen molar-refractivity contribution >= 4 is 17.6 Å². The van der Waals surface area contributed by atoms with Crippen molar-refractivity contribution in [3.8, 4) is 11.4 Å². The summed E-state index contributed by atoms with van der Waals surface area (Å²) in [6.45, 7) is 2.49. The van der Waals surface area contributed by atoms with Gasteiger partial charge in [0, 0.05) is 25.4 Å². The quantitative estimate of drug-likeness (QED) is 0.421. The van der Waals surface area contributed by atoms with Gasteiger partial charge in [-0.2, -0.15) is 4.98 Å². The molecule has 2 heterocycles. The minimum absolute atomic E-state index is 0.0259. The molecule has 0 radical (unpaired) electrons. The fourth-order valence-electron chi connectivity index (χ4n) is 3.82. The summed E-state index contributed by atoms with van der Waals surface area (Å²) in [4.78, 5) is 18.3. The molecule has 0 aliphatic carbocycles. The molecule has 9 heteroatoms. The minimum atomic E-state index is -0.672. The molecule has 4 aromatic rings. The van der Waals surface area contributed by atoms with E-state index < -0.39 is 11.6 Å². The van der Waals surface area contributed by atoms with Gasteiger partial charge in [-0.05, 0) is 35.6 Å². The van der Waals surface area contributed by atoms with Gasteiger partial charge in [-0.1, -0.05) is 43.3 Å². The molecule has 2 aromatic carbocycles. The Morgan fingerprint density at radius 3 is 2.44 bits per heavy atom. The fraction of sp³-hybridized carbons (Fsp3) is 0.200. The molecule has 4 N–H and O–H groups in total. The van der Waals surface area contributed by atoms with Crippen LogP contribution < -0.4 is 16.4 Å². The number of hydrogen-bond acceptors (Lipinski definition) is 7. The van der Waals surface area contributed by atoms with Crippen molar-refractivity contribution in [2.24, 2.45) is 5.73 Å². The highest BCUT2D eigenvalue weighted by Gasteiger charge is 2.22. The van der Waals surface area contributed by atoms with Gasteiger partial charge in [0.05, 0.1) is 11.8 Å². The molecular formula is C25H25F2N7. The molecule has 0 amide bonds. The lowest BCUT2D eigenvalue weighted by molar-refractivity contribution is 0.610. The van der Waals surface area contributed by atoms with Gasteiger partial charge in [0.1, 0.15) is 11.6 Å². The fourth-order valence-corrected chi connectivity index (χ4v) is 3.82. The van der Waals surface area contributed by atoms with Gasteiger partial charge in [-0.25, -0.2) is 23.7 Å². The monoisotopic (exact) mass is 461 g/mol. The van der Waals surface area contributed by atoms with Gasteiger partial charge < -0.3 is 16.4 Å². The molecule has 2 aromatic heterocycles. The average Bonchev–Trinajstić information content (AvgIpc) is 2.84. The first-order valence-corrected chi connectivity index (χ1v) is 10.8. The van der Waals surface area contributed by atoms with Crippen LogP contribution in [0.4, 0.5) is 26.4 Å². The molecular weight excluding hydrogens is 436 g/mol.